The van der Waals surface area contributed by atoms with Gasteiger partial charge in [0.2, 0.25) is 11.8 Å². The molecule has 1 fully saturated rings. The molecule has 2 atom stereocenters. The molecule has 2 amide bonds. The van der Waals surface area contributed by atoms with Gasteiger partial charge in [-0.3, -0.25) is 9.59 Å². The summed E-state index contributed by atoms with van der Waals surface area (Å²) in [6, 6.07) is -1.27. The maximum atomic E-state index is 11.9. The Bertz CT molecular complexity index is 399. The molecule has 0 radical (unpaired) electrons. The van der Waals surface area contributed by atoms with Crippen molar-refractivity contribution in [3.8, 4) is 0 Å². The average Bonchev–Trinajstić information content (AvgIpc) is 2.79. The van der Waals surface area contributed by atoms with Gasteiger partial charge in [-0.15, -0.1) is 0 Å². The second-order valence-corrected chi connectivity index (χ2v) is 4.76. The monoisotopic (exact) mass is 268 g/mol. The number of methoxy groups -OCH3 is 1. The van der Waals surface area contributed by atoms with Crippen molar-refractivity contribution < 1.29 is 19.1 Å². The van der Waals surface area contributed by atoms with Crippen LogP contribution in [0.3, 0.4) is 0 Å². The topological polar surface area (TPSA) is 84.5 Å². The second-order valence-electron chi connectivity index (χ2n) is 4.76. The summed E-state index contributed by atoms with van der Waals surface area (Å²) in [4.78, 5) is 34.6. The van der Waals surface area contributed by atoms with Gasteiger partial charge in [0.25, 0.3) is 0 Å². The molecular formula is C13H20N2O4. The number of carbonyl (C=O) groups excluding carboxylic acids is 3. The van der Waals surface area contributed by atoms with Crippen molar-refractivity contribution in [2.75, 3.05) is 7.11 Å². The third-order valence-corrected chi connectivity index (χ3v) is 2.88. The van der Waals surface area contributed by atoms with Gasteiger partial charge >= 0.3 is 5.97 Å². The Morgan fingerprint density at radius 2 is 2.21 bits per heavy atom. The number of carbonyl (C=O) groups is 3. The van der Waals surface area contributed by atoms with E-state index in [1.165, 1.54) is 7.11 Å². The molecular weight excluding hydrogens is 248 g/mol. The fourth-order valence-electron chi connectivity index (χ4n) is 1.79. The highest BCUT2D eigenvalue weighted by Gasteiger charge is 2.30. The van der Waals surface area contributed by atoms with Crippen LogP contribution in [0.25, 0.3) is 0 Å². The van der Waals surface area contributed by atoms with Gasteiger partial charge < -0.3 is 15.4 Å². The van der Waals surface area contributed by atoms with Crippen LogP contribution in [0, 0.1) is 0 Å². The Kier molecular flexibility index (Phi) is 5.54. The van der Waals surface area contributed by atoms with E-state index in [-0.39, 0.29) is 11.8 Å². The van der Waals surface area contributed by atoms with E-state index in [9.17, 15) is 14.4 Å². The number of ether oxygens (including phenoxy) is 1. The predicted octanol–water partition coefficient (Wildman–Crippen LogP) is 0.279. The maximum absolute atomic E-state index is 11.9. The zero-order valence-corrected chi connectivity index (χ0v) is 11.5. The molecule has 1 rings (SSSR count). The Balaban J connectivity index is 2.61. The van der Waals surface area contributed by atoms with Crippen molar-refractivity contribution in [1.82, 2.24) is 10.6 Å². The summed E-state index contributed by atoms with van der Waals surface area (Å²) in [5.41, 5.74) is 1.05. The van der Waals surface area contributed by atoms with Crippen LogP contribution in [0.4, 0.5) is 0 Å². The first-order valence-corrected chi connectivity index (χ1v) is 6.25. The molecule has 0 aliphatic carbocycles. The van der Waals surface area contributed by atoms with Crippen molar-refractivity contribution in [3.05, 3.63) is 11.6 Å². The molecule has 6 heteroatoms. The molecule has 2 N–H and O–H groups in total. The number of nitrogens with one attached hydrogen (secondary N) is 2. The SMILES string of the molecule is COC(=O)[C@H](CC=C(C)C)NC(=O)[C@@H]1CCC(=O)N1. The number of amides is 2. The van der Waals surface area contributed by atoms with E-state index in [2.05, 4.69) is 15.4 Å². The van der Waals surface area contributed by atoms with Gasteiger partial charge in [0.15, 0.2) is 0 Å². The number of allylic oxidation sites excluding steroid dienone is 1. The number of esters is 1. The molecule has 1 aliphatic rings. The van der Waals surface area contributed by atoms with Gasteiger partial charge in [0.05, 0.1) is 7.11 Å². The van der Waals surface area contributed by atoms with Crippen LogP contribution in [0.2, 0.25) is 0 Å². The third-order valence-electron chi connectivity index (χ3n) is 2.88. The first-order chi connectivity index (χ1) is 8.93. The first kappa shape index (κ1) is 15.2. The predicted molar refractivity (Wildman–Crippen MR) is 69.2 cm³/mol. The highest BCUT2D eigenvalue weighted by atomic mass is 16.5. The second kappa shape index (κ2) is 6.92. The van der Waals surface area contributed by atoms with E-state index < -0.39 is 18.1 Å². The van der Waals surface area contributed by atoms with E-state index in [1.807, 2.05) is 19.9 Å². The molecule has 0 aromatic heterocycles. The molecule has 1 saturated heterocycles. The van der Waals surface area contributed by atoms with Gasteiger partial charge in [-0.25, -0.2) is 4.79 Å². The minimum atomic E-state index is -0.718. The largest absolute Gasteiger partial charge is 0.467 e. The van der Waals surface area contributed by atoms with Crippen LogP contribution in [0.15, 0.2) is 11.6 Å². The summed E-state index contributed by atoms with van der Waals surface area (Å²) < 4.78 is 4.66. The smallest absolute Gasteiger partial charge is 0.328 e. The zero-order chi connectivity index (χ0) is 14.4. The van der Waals surface area contributed by atoms with Crippen molar-refractivity contribution >= 4 is 17.8 Å². The molecule has 19 heavy (non-hydrogen) atoms. The van der Waals surface area contributed by atoms with E-state index in [1.54, 1.807) is 0 Å². The van der Waals surface area contributed by atoms with Crippen LogP contribution < -0.4 is 10.6 Å². The molecule has 1 heterocycles. The van der Waals surface area contributed by atoms with E-state index in [0.29, 0.717) is 19.3 Å². The van der Waals surface area contributed by atoms with E-state index >= 15 is 0 Å². The van der Waals surface area contributed by atoms with Gasteiger partial charge in [0, 0.05) is 6.42 Å². The molecule has 0 aromatic rings. The van der Waals surface area contributed by atoms with Crippen LogP contribution in [0.5, 0.6) is 0 Å². The maximum Gasteiger partial charge on any atom is 0.328 e. The molecule has 0 bridgehead atoms. The molecule has 1 aliphatic heterocycles. The first-order valence-electron chi connectivity index (χ1n) is 6.25. The summed E-state index contributed by atoms with van der Waals surface area (Å²) in [7, 11) is 1.28. The van der Waals surface area contributed by atoms with E-state index in [4.69, 9.17) is 0 Å². The van der Waals surface area contributed by atoms with Crippen molar-refractivity contribution in [3.63, 3.8) is 0 Å². The minimum Gasteiger partial charge on any atom is -0.467 e. The average molecular weight is 268 g/mol. The normalized spacial score (nSPS) is 19.3. The Labute approximate surface area is 112 Å². The quantitative estimate of drug-likeness (QED) is 0.554. The lowest BCUT2D eigenvalue weighted by Crippen LogP contribution is -2.48. The molecule has 106 valence electrons. The summed E-state index contributed by atoms with van der Waals surface area (Å²) >= 11 is 0. The lowest BCUT2D eigenvalue weighted by Gasteiger charge is -2.17. The molecule has 0 unspecified atom stereocenters. The summed E-state index contributed by atoms with van der Waals surface area (Å²) in [6.45, 7) is 3.82. The Hall–Kier alpha value is -1.85. The summed E-state index contributed by atoms with van der Waals surface area (Å²) in [5.74, 6) is -0.974. The fourth-order valence-corrected chi connectivity index (χ4v) is 1.79. The van der Waals surface area contributed by atoms with Gasteiger partial charge in [0.1, 0.15) is 12.1 Å². The molecule has 0 aromatic carbocycles. The third kappa shape index (κ3) is 4.73. The van der Waals surface area contributed by atoms with Crippen molar-refractivity contribution in [2.24, 2.45) is 0 Å². The highest BCUT2D eigenvalue weighted by molar-refractivity contribution is 5.93. The molecule has 0 spiro atoms. The fraction of sp³-hybridized carbons (Fsp3) is 0.615. The van der Waals surface area contributed by atoms with Crippen LogP contribution in [-0.2, 0) is 19.1 Å². The lowest BCUT2D eigenvalue weighted by atomic mass is 10.1. The highest BCUT2D eigenvalue weighted by Crippen LogP contribution is 2.08. The Morgan fingerprint density at radius 3 is 2.68 bits per heavy atom. The van der Waals surface area contributed by atoms with Gasteiger partial charge in [-0.1, -0.05) is 11.6 Å². The van der Waals surface area contributed by atoms with Crippen LogP contribution in [-0.4, -0.2) is 37.0 Å². The number of hydrogen-bond donors (Lipinski definition) is 2. The van der Waals surface area contributed by atoms with Crippen molar-refractivity contribution in [1.29, 1.82) is 0 Å². The molecule has 6 nitrogen and oxygen atoms in total. The van der Waals surface area contributed by atoms with Gasteiger partial charge in [-0.05, 0) is 26.7 Å². The lowest BCUT2D eigenvalue weighted by molar-refractivity contribution is -0.145. The zero-order valence-electron chi connectivity index (χ0n) is 11.5. The summed E-state index contributed by atoms with van der Waals surface area (Å²) in [5, 5.41) is 5.18. The van der Waals surface area contributed by atoms with Gasteiger partial charge in [-0.2, -0.15) is 0 Å². The summed E-state index contributed by atoms with van der Waals surface area (Å²) in [6.07, 6.45) is 3.03. The number of rotatable bonds is 5. The Morgan fingerprint density at radius 1 is 1.53 bits per heavy atom. The molecule has 0 saturated carbocycles. The van der Waals surface area contributed by atoms with Crippen molar-refractivity contribution in [2.45, 2.75) is 45.2 Å². The van der Waals surface area contributed by atoms with E-state index in [0.717, 1.165) is 5.57 Å². The van der Waals surface area contributed by atoms with Crippen LogP contribution in [0.1, 0.15) is 33.1 Å². The standard InChI is InChI=1S/C13H20N2O4/c1-8(2)4-5-10(13(18)19-3)15-12(17)9-6-7-11(16)14-9/h4,9-10H,5-7H2,1-3H3,(H,14,16)(H,15,17)/t9-,10-/m0/s1. The minimum absolute atomic E-state index is 0.140. The van der Waals surface area contributed by atoms with Crippen LogP contribution >= 0.6 is 0 Å². The number of hydrogen-bond acceptors (Lipinski definition) is 4.